The van der Waals surface area contributed by atoms with Gasteiger partial charge in [0.1, 0.15) is 0 Å². The largest absolute Gasteiger partial charge is 0.324 e. The van der Waals surface area contributed by atoms with Gasteiger partial charge in [-0.25, -0.2) is 0 Å². The molecule has 1 heterocycles. The fourth-order valence-electron chi connectivity index (χ4n) is 5.79. The molecule has 0 unspecified atom stereocenters. The maximum absolute atomic E-state index is 2.32. The molecule has 1 aliphatic heterocycles. The van der Waals surface area contributed by atoms with E-state index in [0.717, 1.165) is 0 Å². The van der Waals surface area contributed by atoms with Crippen molar-refractivity contribution in [2.45, 2.75) is 168 Å². The third-order valence-corrected chi connectivity index (χ3v) is 7.99. The summed E-state index contributed by atoms with van der Waals surface area (Å²) in [6, 6.07) is 0. The van der Waals surface area contributed by atoms with Crippen LogP contribution in [0.25, 0.3) is 0 Å². The first-order valence-corrected chi connectivity index (χ1v) is 15.2. The molecule has 1 fully saturated rings. The van der Waals surface area contributed by atoms with Crippen LogP contribution in [-0.2, 0) is 0 Å². The lowest BCUT2D eigenvalue weighted by Gasteiger charge is -2.34. The molecule has 0 bridgehead atoms. The summed E-state index contributed by atoms with van der Waals surface area (Å²) >= 11 is 0. The quantitative estimate of drug-likeness (QED) is 0.104. The van der Waals surface area contributed by atoms with E-state index in [1.807, 2.05) is 0 Å². The number of quaternary nitrogens is 1. The van der Waals surface area contributed by atoms with Crippen molar-refractivity contribution in [1.29, 1.82) is 0 Å². The van der Waals surface area contributed by atoms with Gasteiger partial charge in [-0.1, -0.05) is 129 Å². The standard InChI is InChI=1S/C30H62N/c1-3-5-7-9-11-12-13-14-15-16-17-18-20-22-24-28-31(29-25-26-30-31)27-23-21-19-10-8-6-4-2/h3-30H2,1-2H3/q+1. The van der Waals surface area contributed by atoms with E-state index in [1.165, 1.54) is 185 Å². The zero-order chi connectivity index (χ0) is 22.3. The second-order valence-electron chi connectivity index (χ2n) is 11.0. The highest BCUT2D eigenvalue weighted by Gasteiger charge is 2.30. The van der Waals surface area contributed by atoms with Gasteiger partial charge < -0.3 is 4.48 Å². The maximum atomic E-state index is 2.32. The normalized spacial score (nSPS) is 15.7. The van der Waals surface area contributed by atoms with E-state index in [2.05, 4.69) is 13.8 Å². The van der Waals surface area contributed by atoms with E-state index in [4.69, 9.17) is 0 Å². The Morgan fingerprint density at radius 2 is 0.613 bits per heavy atom. The molecule has 1 aliphatic rings. The van der Waals surface area contributed by atoms with Crippen molar-refractivity contribution in [2.24, 2.45) is 0 Å². The topological polar surface area (TPSA) is 0 Å². The average molecular weight is 437 g/mol. The lowest BCUT2D eigenvalue weighted by atomic mass is 10.0. The highest BCUT2D eigenvalue weighted by Crippen LogP contribution is 2.23. The molecule has 0 atom stereocenters. The summed E-state index contributed by atoms with van der Waals surface area (Å²) in [5.41, 5.74) is 0. The summed E-state index contributed by atoms with van der Waals surface area (Å²) in [6.07, 6.45) is 35.4. The molecule has 1 heteroatoms. The molecule has 0 aliphatic carbocycles. The number of hydrogen-bond acceptors (Lipinski definition) is 0. The average Bonchev–Trinajstić information content (AvgIpc) is 3.25. The van der Waals surface area contributed by atoms with Gasteiger partial charge in [0.05, 0.1) is 26.2 Å². The van der Waals surface area contributed by atoms with Crippen LogP contribution >= 0.6 is 0 Å². The smallest absolute Gasteiger partial charge is 0.0788 e. The maximum Gasteiger partial charge on any atom is 0.0788 e. The van der Waals surface area contributed by atoms with Crippen molar-refractivity contribution < 1.29 is 4.48 Å². The van der Waals surface area contributed by atoms with Gasteiger partial charge in [0.15, 0.2) is 0 Å². The van der Waals surface area contributed by atoms with Crippen LogP contribution < -0.4 is 0 Å². The van der Waals surface area contributed by atoms with Gasteiger partial charge in [-0.3, -0.25) is 0 Å². The van der Waals surface area contributed by atoms with Gasteiger partial charge in [-0.15, -0.1) is 0 Å². The van der Waals surface area contributed by atoms with Crippen molar-refractivity contribution in [3.8, 4) is 0 Å². The molecular formula is C30H62N+. The van der Waals surface area contributed by atoms with Crippen LogP contribution in [0.2, 0.25) is 0 Å². The molecule has 0 aromatic carbocycles. The summed E-state index contributed by atoms with van der Waals surface area (Å²) in [4.78, 5) is 0. The second-order valence-corrected chi connectivity index (χ2v) is 11.0. The van der Waals surface area contributed by atoms with Crippen LogP contribution in [0, 0.1) is 0 Å². The lowest BCUT2D eigenvalue weighted by Crippen LogP contribution is -2.46. The van der Waals surface area contributed by atoms with Crippen molar-refractivity contribution in [1.82, 2.24) is 0 Å². The van der Waals surface area contributed by atoms with Crippen LogP contribution in [0.4, 0.5) is 0 Å². The van der Waals surface area contributed by atoms with Gasteiger partial charge in [0.25, 0.3) is 0 Å². The van der Waals surface area contributed by atoms with Crippen LogP contribution in [-0.4, -0.2) is 30.7 Å². The van der Waals surface area contributed by atoms with E-state index in [-0.39, 0.29) is 0 Å². The number of unbranched alkanes of at least 4 members (excludes halogenated alkanes) is 20. The van der Waals surface area contributed by atoms with Gasteiger partial charge >= 0.3 is 0 Å². The molecule has 0 radical (unpaired) electrons. The molecule has 0 amide bonds. The molecule has 0 spiro atoms. The molecule has 1 saturated heterocycles. The Hall–Kier alpha value is -0.0400. The van der Waals surface area contributed by atoms with Gasteiger partial charge in [0.2, 0.25) is 0 Å². The van der Waals surface area contributed by atoms with Crippen LogP contribution in [0.3, 0.4) is 0 Å². The molecule has 0 N–H and O–H groups in total. The highest BCUT2D eigenvalue weighted by atomic mass is 15.4. The van der Waals surface area contributed by atoms with E-state index < -0.39 is 0 Å². The minimum atomic E-state index is 1.37. The molecular weight excluding hydrogens is 374 g/mol. The Labute approximate surface area is 198 Å². The highest BCUT2D eigenvalue weighted by molar-refractivity contribution is 4.57. The minimum Gasteiger partial charge on any atom is -0.324 e. The molecule has 0 aromatic rings. The fourth-order valence-corrected chi connectivity index (χ4v) is 5.79. The minimum absolute atomic E-state index is 1.37. The number of rotatable bonds is 24. The summed E-state index contributed by atoms with van der Waals surface area (Å²) in [5, 5.41) is 0. The van der Waals surface area contributed by atoms with Crippen molar-refractivity contribution in [3.63, 3.8) is 0 Å². The predicted octanol–water partition coefficient (Wildman–Crippen LogP) is 10.2. The lowest BCUT2D eigenvalue weighted by molar-refractivity contribution is -0.917. The summed E-state index contributed by atoms with van der Waals surface area (Å²) in [7, 11) is 0. The molecule has 31 heavy (non-hydrogen) atoms. The molecule has 1 nitrogen and oxygen atoms in total. The third kappa shape index (κ3) is 17.1. The summed E-state index contributed by atoms with van der Waals surface area (Å²) in [6.45, 7) is 10.6. The third-order valence-electron chi connectivity index (χ3n) is 7.99. The molecule has 0 saturated carbocycles. The second kappa shape index (κ2) is 21.8. The zero-order valence-electron chi connectivity index (χ0n) is 22.2. The van der Waals surface area contributed by atoms with Gasteiger partial charge in [-0.05, 0) is 25.7 Å². The predicted molar refractivity (Wildman–Crippen MR) is 142 cm³/mol. The monoisotopic (exact) mass is 436 g/mol. The van der Waals surface area contributed by atoms with E-state index in [9.17, 15) is 0 Å². The van der Waals surface area contributed by atoms with E-state index >= 15 is 0 Å². The molecule has 0 aromatic heterocycles. The molecule has 186 valence electrons. The van der Waals surface area contributed by atoms with Crippen molar-refractivity contribution in [3.05, 3.63) is 0 Å². The first-order valence-electron chi connectivity index (χ1n) is 15.2. The van der Waals surface area contributed by atoms with Crippen LogP contribution in [0.5, 0.6) is 0 Å². The first kappa shape index (κ1) is 29.0. The first-order chi connectivity index (χ1) is 15.3. The Bertz CT molecular complexity index is 344. The Balaban J connectivity index is 1.89. The van der Waals surface area contributed by atoms with Crippen molar-refractivity contribution in [2.75, 3.05) is 26.2 Å². The Morgan fingerprint density at radius 1 is 0.355 bits per heavy atom. The zero-order valence-corrected chi connectivity index (χ0v) is 22.2. The van der Waals surface area contributed by atoms with Gasteiger partial charge in [0, 0.05) is 12.8 Å². The summed E-state index contributed by atoms with van der Waals surface area (Å²) in [5.74, 6) is 0. The van der Waals surface area contributed by atoms with Crippen molar-refractivity contribution >= 4 is 0 Å². The number of hydrogen-bond donors (Lipinski definition) is 0. The van der Waals surface area contributed by atoms with Crippen LogP contribution in [0.1, 0.15) is 168 Å². The Morgan fingerprint density at radius 3 is 0.903 bits per heavy atom. The number of likely N-dealkylation sites (tertiary alicyclic amines) is 1. The fraction of sp³-hybridized carbons (Fsp3) is 1.00. The van der Waals surface area contributed by atoms with E-state index in [1.54, 1.807) is 0 Å². The SMILES string of the molecule is CCCCCCCCCCCCCCCCC[N+]1(CCCCCCCCC)CCCC1. The van der Waals surface area contributed by atoms with Crippen LogP contribution in [0.15, 0.2) is 0 Å². The summed E-state index contributed by atoms with van der Waals surface area (Å²) < 4.78 is 1.49. The molecule has 1 rings (SSSR count). The Kier molecular flexibility index (Phi) is 20.4. The number of nitrogens with zero attached hydrogens (tertiary/aromatic N) is 1. The van der Waals surface area contributed by atoms with E-state index in [0.29, 0.717) is 0 Å². The van der Waals surface area contributed by atoms with Gasteiger partial charge in [-0.2, -0.15) is 0 Å².